The SMILES string of the molecule is CCN(C(=O)[C@H]1CC(=O)N([C@@H](C)COC)C1)c1ccccc1. The Morgan fingerprint density at radius 3 is 2.68 bits per heavy atom. The van der Waals surface area contributed by atoms with Crippen LogP contribution in [-0.2, 0) is 14.3 Å². The third-order valence-corrected chi connectivity index (χ3v) is 4.10. The van der Waals surface area contributed by atoms with Crippen molar-refractivity contribution in [3.05, 3.63) is 30.3 Å². The predicted octanol–water partition coefficient (Wildman–Crippen LogP) is 1.92. The van der Waals surface area contributed by atoms with Crippen LogP contribution in [0.25, 0.3) is 0 Å². The zero-order valence-corrected chi connectivity index (χ0v) is 13.5. The molecule has 22 heavy (non-hydrogen) atoms. The van der Waals surface area contributed by atoms with Crippen LogP contribution >= 0.6 is 0 Å². The van der Waals surface area contributed by atoms with Gasteiger partial charge in [-0.25, -0.2) is 0 Å². The monoisotopic (exact) mass is 304 g/mol. The number of methoxy groups -OCH3 is 1. The Kier molecular flexibility index (Phi) is 5.55. The lowest BCUT2D eigenvalue weighted by Gasteiger charge is -2.26. The van der Waals surface area contributed by atoms with Crippen LogP contribution in [0.4, 0.5) is 5.69 Å². The molecule has 0 saturated carbocycles. The largest absolute Gasteiger partial charge is 0.383 e. The molecule has 0 spiro atoms. The number of anilines is 1. The fourth-order valence-electron chi connectivity index (χ4n) is 2.95. The van der Waals surface area contributed by atoms with Gasteiger partial charge in [-0.3, -0.25) is 9.59 Å². The van der Waals surface area contributed by atoms with Gasteiger partial charge in [0.25, 0.3) is 0 Å². The Morgan fingerprint density at radius 1 is 1.41 bits per heavy atom. The summed E-state index contributed by atoms with van der Waals surface area (Å²) in [4.78, 5) is 28.4. The topological polar surface area (TPSA) is 49.9 Å². The maximum atomic E-state index is 12.8. The van der Waals surface area contributed by atoms with Crippen LogP contribution in [0.15, 0.2) is 30.3 Å². The number of nitrogens with zero attached hydrogens (tertiary/aromatic N) is 2. The van der Waals surface area contributed by atoms with E-state index in [1.165, 1.54) is 0 Å². The average Bonchev–Trinajstić information content (AvgIpc) is 2.91. The molecule has 0 unspecified atom stereocenters. The van der Waals surface area contributed by atoms with Crippen molar-refractivity contribution in [2.75, 3.05) is 31.7 Å². The smallest absolute Gasteiger partial charge is 0.232 e. The molecule has 2 rings (SSSR count). The molecular formula is C17H24N2O3. The van der Waals surface area contributed by atoms with E-state index >= 15 is 0 Å². The van der Waals surface area contributed by atoms with Crippen molar-refractivity contribution >= 4 is 17.5 Å². The number of rotatable bonds is 6. The Balaban J connectivity index is 2.08. The Bertz CT molecular complexity index is 518. The van der Waals surface area contributed by atoms with E-state index in [9.17, 15) is 9.59 Å². The van der Waals surface area contributed by atoms with E-state index in [1.54, 1.807) is 16.9 Å². The van der Waals surface area contributed by atoms with E-state index < -0.39 is 0 Å². The van der Waals surface area contributed by atoms with Crippen molar-refractivity contribution in [2.45, 2.75) is 26.3 Å². The molecule has 1 aliphatic rings. The maximum absolute atomic E-state index is 12.8. The quantitative estimate of drug-likeness (QED) is 0.807. The third kappa shape index (κ3) is 3.47. The number of carbonyl (C=O) groups excluding carboxylic acids is 2. The van der Waals surface area contributed by atoms with Crippen LogP contribution in [0, 0.1) is 5.92 Å². The summed E-state index contributed by atoms with van der Waals surface area (Å²) in [5.74, 6) is -0.215. The highest BCUT2D eigenvalue weighted by Gasteiger charge is 2.38. The highest BCUT2D eigenvalue weighted by molar-refractivity contribution is 5.99. The molecule has 1 aromatic carbocycles. The summed E-state index contributed by atoms with van der Waals surface area (Å²) in [5.41, 5.74) is 0.880. The lowest BCUT2D eigenvalue weighted by Crippen LogP contribution is -2.40. The first kappa shape index (κ1) is 16.5. The molecule has 0 bridgehead atoms. The predicted molar refractivity (Wildman–Crippen MR) is 85.6 cm³/mol. The molecule has 1 aliphatic heterocycles. The molecule has 0 N–H and O–H groups in total. The first-order chi connectivity index (χ1) is 10.6. The van der Waals surface area contributed by atoms with Crippen LogP contribution in [-0.4, -0.2) is 49.6 Å². The van der Waals surface area contributed by atoms with E-state index in [0.29, 0.717) is 19.7 Å². The minimum absolute atomic E-state index is 0.00195. The number of hydrogen-bond donors (Lipinski definition) is 0. The lowest BCUT2D eigenvalue weighted by atomic mass is 10.1. The van der Waals surface area contributed by atoms with Gasteiger partial charge < -0.3 is 14.5 Å². The van der Waals surface area contributed by atoms with Crippen LogP contribution in [0.1, 0.15) is 20.3 Å². The molecule has 1 aromatic rings. The zero-order valence-electron chi connectivity index (χ0n) is 13.5. The minimum atomic E-state index is -0.271. The molecule has 5 nitrogen and oxygen atoms in total. The van der Waals surface area contributed by atoms with Crippen molar-refractivity contribution in [1.29, 1.82) is 0 Å². The summed E-state index contributed by atoms with van der Waals surface area (Å²) in [6.07, 6.45) is 0.288. The standard InChI is InChI=1S/C17H24N2O3/c1-4-18(15-8-6-5-7-9-15)17(21)14-10-16(20)19(11-14)13(2)12-22-3/h5-9,13-14H,4,10-12H2,1-3H3/t13-,14-/m0/s1. The Hall–Kier alpha value is -1.88. The molecule has 0 aromatic heterocycles. The first-order valence-electron chi connectivity index (χ1n) is 7.73. The minimum Gasteiger partial charge on any atom is -0.383 e. The third-order valence-electron chi connectivity index (χ3n) is 4.10. The number of benzene rings is 1. The fourth-order valence-corrected chi connectivity index (χ4v) is 2.95. The van der Waals surface area contributed by atoms with E-state index in [4.69, 9.17) is 4.74 Å². The van der Waals surface area contributed by atoms with E-state index in [2.05, 4.69) is 0 Å². The van der Waals surface area contributed by atoms with Crippen LogP contribution in [0.5, 0.6) is 0 Å². The van der Waals surface area contributed by atoms with Gasteiger partial charge in [0.1, 0.15) is 0 Å². The second-order valence-electron chi connectivity index (χ2n) is 5.67. The summed E-state index contributed by atoms with van der Waals surface area (Å²) >= 11 is 0. The molecule has 0 aliphatic carbocycles. The van der Waals surface area contributed by atoms with Crippen LogP contribution < -0.4 is 4.90 Å². The molecule has 120 valence electrons. The summed E-state index contributed by atoms with van der Waals surface area (Å²) in [5, 5.41) is 0. The molecule has 1 saturated heterocycles. The van der Waals surface area contributed by atoms with Gasteiger partial charge >= 0.3 is 0 Å². The number of hydrogen-bond acceptors (Lipinski definition) is 3. The van der Waals surface area contributed by atoms with E-state index in [-0.39, 0.29) is 30.2 Å². The number of amides is 2. The summed E-state index contributed by atoms with van der Waals surface area (Å²) in [7, 11) is 1.62. The van der Waals surface area contributed by atoms with Gasteiger partial charge in [-0.05, 0) is 26.0 Å². The summed E-state index contributed by atoms with van der Waals surface area (Å²) in [6.45, 7) is 5.46. The number of para-hydroxylation sites is 1. The van der Waals surface area contributed by atoms with Crippen molar-refractivity contribution in [1.82, 2.24) is 4.90 Å². The number of carbonyl (C=O) groups is 2. The molecule has 1 heterocycles. The second kappa shape index (κ2) is 7.40. The van der Waals surface area contributed by atoms with Gasteiger partial charge in [-0.15, -0.1) is 0 Å². The van der Waals surface area contributed by atoms with Gasteiger partial charge in [0.05, 0.1) is 18.6 Å². The molecule has 2 atom stereocenters. The van der Waals surface area contributed by atoms with Gasteiger partial charge in [0.15, 0.2) is 0 Å². The van der Waals surface area contributed by atoms with Crippen molar-refractivity contribution in [3.8, 4) is 0 Å². The maximum Gasteiger partial charge on any atom is 0.232 e. The Labute approximate surface area is 131 Å². The van der Waals surface area contributed by atoms with Crippen molar-refractivity contribution in [2.24, 2.45) is 5.92 Å². The van der Waals surface area contributed by atoms with Gasteiger partial charge in [-0.1, -0.05) is 18.2 Å². The molecule has 2 amide bonds. The van der Waals surface area contributed by atoms with Crippen molar-refractivity contribution in [3.63, 3.8) is 0 Å². The Morgan fingerprint density at radius 2 is 2.09 bits per heavy atom. The van der Waals surface area contributed by atoms with Gasteiger partial charge in [-0.2, -0.15) is 0 Å². The van der Waals surface area contributed by atoms with Crippen molar-refractivity contribution < 1.29 is 14.3 Å². The molecule has 0 radical (unpaired) electrons. The second-order valence-corrected chi connectivity index (χ2v) is 5.67. The normalized spacial score (nSPS) is 19.3. The number of ether oxygens (including phenoxy) is 1. The molecule has 1 fully saturated rings. The lowest BCUT2D eigenvalue weighted by molar-refractivity contribution is -0.130. The van der Waals surface area contributed by atoms with Crippen LogP contribution in [0.3, 0.4) is 0 Å². The van der Waals surface area contributed by atoms with Gasteiger partial charge in [0.2, 0.25) is 11.8 Å². The molecule has 5 heteroatoms. The highest BCUT2D eigenvalue weighted by Crippen LogP contribution is 2.25. The first-order valence-corrected chi connectivity index (χ1v) is 7.73. The molecular weight excluding hydrogens is 280 g/mol. The van der Waals surface area contributed by atoms with E-state index in [1.807, 2.05) is 44.2 Å². The van der Waals surface area contributed by atoms with E-state index in [0.717, 1.165) is 5.69 Å². The average molecular weight is 304 g/mol. The summed E-state index contributed by atoms with van der Waals surface area (Å²) in [6, 6.07) is 9.60. The number of likely N-dealkylation sites (tertiary alicyclic amines) is 1. The summed E-state index contributed by atoms with van der Waals surface area (Å²) < 4.78 is 5.11. The highest BCUT2D eigenvalue weighted by atomic mass is 16.5. The fraction of sp³-hybridized carbons (Fsp3) is 0.529. The zero-order chi connectivity index (χ0) is 16.1. The van der Waals surface area contributed by atoms with Crippen LogP contribution in [0.2, 0.25) is 0 Å². The van der Waals surface area contributed by atoms with Gasteiger partial charge in [0, 0.05) is 32.3 Å².